The highest BCUT2D eigenvalue weighted by molar-refractivity contribution is 5.92. The van der Waals surface area contributed by atoms with Crippen molar-refractivity contribution in [2.24, 2.45) is 13.0 Å². The monoisotopic (exact) mass is 437 g/mol. The fourth-order valence-electron chi connectivity index (χ4n) is 4.54. The third-order valence-electron chi connectivity index (χ3n) is 6.49. The van der Waals surface area contributed by atoms with Crippen LogP contribution in [0.1, 0.15) is 38.5 Å². The summed E-state index contributed by atoms with van der Waals surface area (Å²) in [7, 11) is 1.85. The maximum atomic E-state index is 12.6. The van der Waals surface area contributed by atoms with E-state index in [1.165, 1.54) is 0 Å². The van der Waals surface area contributed by atoms with Gasteiger partial charge in [-0.2, -0.15) is 0 Å². The molecule has 0 radical (unpaired) electrons. The van der Waals surface area contributed by atoms with Crippen LogP contribution in [0.25, 0.3) is 11.3 Å². The summed E-state index contributed by atoms with van der Waals surface area (Å²) in [6.07, 6.45) is 5.61. The van der Waals surface area contributed by atoms with E-state index in [-0.39, 0.29) is 36.5 Å². The zero-order valence-electron chi connectivity index (χ0n) is 18.6. The molecular formula is C24H31N5O3. The number of carbonyl (C=O) groups excluding carboxylic acids is 3. The van der Waals surface area contributed by atoms with Crippen LogP contribution in [0, 0.1) is 5.92 Å². The lowest BCUT2D eigenvalue weighted by Crippen LogP contribution is -2.43. The smallest absolute Gasteiger partial charge is 0.227 e. The van der Waals surface area contributed by atoms with Gasteiger partial charge in [-0.3, -0.25) is 19.7 Å². The summed E-state index contributed by atoms with van der Waals surface area (Å²) in [5.74, 6) is 0.479. The molecule has 1 N–H and O–H groups in total. The van der Waals surface area contributed by atoms with Gasteiger partial charge < -0.3 is 14.4 Å². The third-order valence-corrected chi connectivity index (χ3v) is 6.49. The van der Waals surface area contributed by atoms with E-state index in [1.807, 2.05) is 46.8 Å². The maximum Gasteiger partial charge on any atom is 0.227 e. The summed E-state index contributed by atoms with van der Waals surface area (Å²) < 4.78 is 1.83. The molecule has 0 aliphatic carbocycles. The molecule has 2 aliphatic heterocycles. The van der Waals surface area contributed by atoms with Crippen molar-refractivity contribution in [3.05, 3.63) is 36.5 Å². The van der Waals surface area contributed by atoms with Gasteiger partial charge in [-0.25, -0.2) is 4.98 Å². The highest BCUT2D eigenvalue weighted by Gasteiger charge is 2.31. The Morgan fingerprint density at radius 2 is 1.66 bits per heavy atom. The molecule has 4 rings (SSSR count). The first-order valence-electron chi connectivity index (χ1n) is 11.5. The second-order valence-electron chi connectivity index (χ2n) is 8.63. The van der Waals surface area contributed by atoms with Crippen LogP contribution in [-0.2, 0) is 21.4 Å². The Morgan fingerprint density at radius 1 is 0.969 bits per heavy atom. The summed E-state index contributed by atoms with van der Waals surface area (Å²) >= 11 is 0. The third kappa shape index (κ3) is 5.00. The fraction of sp³-hybridized carbons (Fsp3) is 0.500. The van der Waals surface area contributed by atoms with Gasteiger partial charge in [0, 0.05) is 52.0 Å². The van der Waals surface area contributed by atoms with Gasteiger partial charge in [0.15, 0.2) is 0 Å². The topological polar surface area (TPSA) is 87.5 Å². The Labute approximate surface area is 188 Å². The summed E-state index contributed by atoms with van der Waals surface area (Å²) in [4.78, 5) is 45.6. The van der Waals surface area contributed by atoms with Crippen LogP contribution >= 0.6 is 0 Å². The van der Waals surface area contributed by atoms with Gasteiger partial charge in [0.2, 0.25) is 23.7 Å². The van der Waals surface area contributed by atoms with Crippen LogP contribution in [-0.4, -0.2) is 63.3 Å². The van der Waals surface area contributed by atoms with Crippen molar-refractivity contribution in [1.29, 1.82) is 0 Å². The van der Waals surface area contributed by atoms with E-state index in [0.29, 0.717) is 31.9 Å². The van der Waals surface area contributed by atoms with Crippen molar-refractivity contribution in [3.63, 3.8) is 0 Å². The number of carbonyl (C=O) groups is 3. The largest absolute Gasteiger partial charge is 0.343 e. The number of hydrogen-bond donors (Lipinski definition) is 1. The number of likely N-dealkylation sites (tertiary alicyclic amines) is 2. The molecule has 0 unspecified atom stereocenters. The average molecular weight is 438 g/mol. The van der Waals surface area contributed by atoms with Crippen molar-refractivity contribution >= 4 is 23.7 Å². The Morgan fingerprint density at radius 3 is 2.34 bits per heavy atom. The molecule has 3 heterocycles. The molecule has 0 spiro atoms. The maximum absolute atomic E-state index is 12.6. The first-order chi connectivity index (χ1) is 15.5. The first kappa shape index (κ1) is 22.0. The van der Waals surface area contributed by atoms with Gasteiger partial charge in [-0.1, -0.05) is 30.3 Å². The second kappa shape index (κ2) is 9.97. The molecule has 2 aromatic rings. The molecule has 32 heavy (non-hydrogen) atoms. The van der Waals surface area contributed by atoms with Crippen LogP contribution < -0.4 is 5.32 Å². The molecule has 0 saturated carbocycles. The Balaban J connectivity index is 1.22. The number of anilines is 1. The predicted molar refractivity (Wildman–Crippen MR) is 122 cm³/mol. The lowest BCUT2D eigenvalue weighted by Gasteiger charge is -2.33. The van der Waals surface area contributed by atoms with E-state index < -0.39 is 0 Å². The van der Waals surface area contributed by atoms with E-state index in [9.17, 15) is 14.4 Å². The number of rotatable bonds is 6. The molecule has 0 atom stereocenters. The number of amides is 3. The van der Waals surface area contributed by atoms with Crippen molar-refractivity contribution < 1.29 is 14.4 Å². The summed E-state index contributed by atoms with van der Waals surface area (Å²) in [6.45, 7) is 2.92. The van der Waals surface area contributed by atoms with Gasteiger partial charge in [0.05, 0.1) is 11.9 Å². The molecule has 3 amide bonds. The lowest BCUT2D eigenvalue weighted by molar-refractivity contribution is -0.140. The SMILES string of the molecule is Cn1c(-c2ccccc2)cnc1NC(=O)CCC(=O)N1CCC(C(=O)N2CCCC2)CC1. The van der Waals surface area contributed by atoms with Crippen LogP contribution in [0.5, 0.6) is 0 Å². The van der Waals surface area contributed by atoms with E-state index in [4.69, 9.17) is 0 Å². The van der Waals surface area contributed by atoms with Crippen molar-refractivity contribution in [1.82, 2.24) is 19.4 Å². The van der Waals surface area contributed by atoms with Crippen LogP contribution in [0.4, 0.5) is 5.95 Å². The minimum Gasteiger partial charge on any atom is -0.343 e. The van der Waals surface area contributed by atoms with Crippen LogP contribution in [0.3, 0.4) is 0 Å². The first-order valence-corrected chi connectivity index (χ1v) is 11.5. The van der Waals surface area contributed by atoms with Gasteiger partial charge in [-0.15, -0.1) is 0 Å². The Kier molecular flexibility index (Phi) is 6.87. The van der Waals surface area contributed by atoms with Gasteiger partial charge >= 0.3 is 0 Å². The molecule has 8 nitrogen and oxygen atoms in total. The van der Waals surface area contributed by atoms with E-state index in [1.54, 1.807) is 11.1 Å². The van der Waals surface area contributed by atoms with Gasteiger partial charge in [-0.05, 0) is 31.2 Å². The second-order valence-corrected chi connectivity index (χ2v) is 8.63. The summed E-state index contributed by atoms with van der Waals surface area (Å²) in [5.41, 5.74) is 1.92. The molecule has 1 aromatic heterocycles. The highest BCUT2D eigenvalue weighted by Crippen LogP contribution is 2.23. The molecule has 8 heteroatoms. The van der Waals surface area contributed by atoms with Gasteiger partial charge in [0.1, 0.15) is 0 Å². The van der Waals surface area contributed by atoms with Crippen LogP contribution in [0.15, 0.2) is 36.5 Å². The standard InChI is InChI=1S/C24H31N5O3/c1-27-20(18-7-3-2-4-8-18)17-25-24(27)26-21(30)9-10-22(31)28-15-11-19(12-16-28)23(32)29-13-5-6-14-29/h2-4,7-8,17,19H,5-6,9-16H2,1H3,(H,25,26,30). The number of benzene rings is 1. The lowest BCUT2D eigenvalue weighted by atomic mass is 9.95. The van der Waals surface area contributed by atoms with Gasteiger partial charge in [0.25, 0.3) is 0 Å². The number of piperidine rings is 1. The van der Waals surface area contributed by atoms with E-state index >= 15 is 0 Å². The number of nitrogens with zero attached hydrogens (tertiary/aromatic N) is 4. The number of aromatic nitrogens is 2. The normalized spacial score (nSPS) is 16.9. The molecular weight excluding hydrogens is 406 g/mol. The molecule has 1 aromatic carbocycles. The molecule has 2 aliphatic rings. The number of imidazole rings is 1. The Bertz CT molecular complexity index is 957. The zero-order chi connectivity index (χ0) is 22.5. The average Bonchev–Trinajstić information content (AvgIpc) is 3.48. The molecule has 170 valence electrons. The number of hydrogen-bond acceptors (Lipinski definition) is 4. The molecule has 2 saturated heterocycles. The zero-order valence-corrected chi connectivity index (χ0v) is 18.6. The van der Waals surface area contributed by atoms with Crippen molar-refractivity contribution in [3.8, 4) is 11.3 Å². The van der Waals surface area contributed by atoms with Crippen LogP contribution in [0.2, 0.25) is 0 Å². The minimum absolute atomic E-state index is 0.0303. The van der Waals surface area contributed by atoms with E-state index in [0.717, 1.165) is 37.2 Å². The van der Waals surface area contributed by atoms with E-state index in [2.05, 4.69) is 10.3 Å². The number of nitrogens with one attached hydrogen (secondary N) is 1. The predicted octanol–water partition coefficient (Wildman–Crippen LogP) is 2.67. The fourth-order valence-corrected chi connectivity index (χ4v) is 4.54. The van der Waals surface area contributed by atoms with Crippen molar-refractivity contribution in [2.75, 3.05) is 31.5 Å². The molecule has 0 bridgehead atoms. The quantitative estimate of drug-likeness (QED) is 0.753. The molecule has 2 fully saturated rings. The summed E-state index contributed by atoms with van der Waals surface area (Å²) in [5, 5.41) is 2.80. The Hall–Kier alpha value is -3.16. The highest BCUT2D eigenvalue weighted by atomic mass is 16.2. The summed E-state index contributed by atoms with van der Waals surface area (Å²) in [6, 6.07) is 9.84. The minimum atomic E-state index is -0.231. The van der Waals surface area contributed by atoms with Crippen molar-refractivity contribution in [2.45, 2.75) is 38.5 Å².